The average Bonchev–Trinajstić information content (AvgIpc) is 3.11. The van der Waals surface area contributed by atoms with E-state index >= 15 is 0 Å². The van der Waals surface area contributed by atoms with Crippen LogP contribution in [0.15, 0.2) is 30.3 Å². The highest BCUT2D eigenvalue weighted by Crippen LogP contribution is 2.29. The second-order valence-corrected chi connectivity index (χ2v) is 9.52. The third-order valence-corrected chi connectivity index (χ3v) is 5.91. The van der Waals surface area contributed by atoms with Gasteiger partial charge in [0.2, 0.25) is 34.8 Å². The van der Waals surface area contributed by atoms with Crippen molar-refractivity contribution in [2.45, 2.75) is 6.42 Å². The summed E-state index contributed by atoms with van der Waals surface area (Å²) in [5, 5.41) is 0. The summed E-state index contributed by atoms with van der Waals surface area (Å²) in [6.45, 7) is 4.96. The van der Waals surface area contributed by atoms with Crippen LogP contribution in [0.2, 0.25) is 0 Å². The lowest BCUT2D eigenvalue weighted by Gasteiger charge is -2.09. The van der Waals surface area contributed by atoms with Gasteiger partial charge in [-0.2, -0.15) is 8.78 Å². The number of carbonyl (C=O) groups is 2. The van der Waals surface area contributed by atoms with Gasteiger partial charge < -0.3 is 47.4 Å². The van der Waals surface area contributed by atoms with Crippen LogP contribution >= 0.6 is 0 Å². The summed E-state index contributed by atoms with van der Waals surface area (Å²) in [5.74, 6) is -14.5. The van der Waals surface area contributed by atoms with Gasteiger partial charge in [-0.25, -0.2) is 18.0 Å². The molecule has 0 aliphatic heterocycles. The third kappa shape index (κ3) is 18.3. The smallest absolute Gasteiger partial charge is 0.338 e. The van der Waals surface area contributed by atoms with Gasteiger partial charge >= 0.3 is 11.9 Å². The number of benzene rings is 2. The molecule has 0 aromatic heterocycles. The van der Waals surface area contributed by atoms with Crippen LogP contribution in [0.1, 0.15) is 16.8 Å². The quantitative estimate of drug-likeness (QED) is 0.0305. The van der Waals surface area contributed by atoms with Gasteiger partial charge in [-0.05, 0) is 12.1 Å². The lowest BCUT2D eigenvalue weighted by atomic mass is 10.2. The number of hydrogen-bond donors (Lipinski definition) is 0. The normalized spacial score (nSPS) is 11.2. The topological polar surface area (TPSA) is 126 Å². The minimum atomic E-state index is -2.35. The van der Waals surface area contributed by atoms with E-state index in [1.165, 1.54) is 0 Å². The van der Waals surface area contributed by atoms with Crippen molar-refractivity contribution >= 4 is 11.9 Å². The number of esters is 2. The van der Waals surface area contributed by atoms with Crippen LogP contribution in [0, 0.1) is 29.1 Å². The summed E-state index contributed by atoms with van der Waals surface area (Å²) in [4.78, 5) is 23.4. The third-order valence-electron chi connectivity index (χ3n) is 5.91. The van der Waals surface area contributed by atoms with Crippen LogP contribution in [0.4, 0.5) is 22.0 Å². The first kappa shape index (κ1) is 41.9. The molecule has 17 heteroatoms. The van der Waals surface area contributed by atoms with Crippen LogP contribution < -0.4 is 4.74 Å². The Balaban J connectivity index is 1.24. The van der Waals surface area contributed by atoms with E-state index in [1.54, 1.807) is 24.3 Å². The standard InChI is InChI=1S/C32H41F5O12/c33-26-27(34)29(36)31(30(37)28(26)35)49-25(38)6-7-40-8-9-41-10-11-42-12-13-43-14-15-44-16-17-45-18-19-46-20-21-47-22-23-48-32(39)24-4-2-1-3-5-24/h1-5H,6-23H2. The van der Waals surface area contributed by atoms with E-state index in [2.05, 4.69) is 4.74 Å². The Morgan fingerprint density at radius 1 is 0.429 bits per heavy atom. The van der Waals surface area contributed by atoms with Crippen molar-refractivity contribution in [1.29, 1.82) is 0 Å². The molecule has 0 bridgehead atoms. The Hall–Kier alpha value is -3.29. The van der Waals surface area contributed by atoms with Crippen molar-refractivity contribution in [2.24, 2.45) is 0 Å². The van der Waals surface area contributed by atoms with Crippen LogP contribution in [-0.4, -0.2) is 124 Å². The Labute approximate surface area is 280 Å². The fourth-order valence-electron chi connectivity index (χ4n) is 3.49. The first-order valence-electron chi connectivity index (χ1n) is 15.4. The number of rotatable bonds is 29. The largest absolute Gasteiger partial charge is 0.460 e. The van der Waals surface area contributed by atoms with Crippen LogP contribution in [0.5, 0.6) is 5.75 Å². The zero-order valence-electron chi connectivity index (χ0n) is 26.9. The zero-order valence-corrected chi connectivity index (χ0v) is 26.9. The Kier molecular flexibility index (Phi) is 22.7. The van der Waals surface area contributed by atoms with Gasteiger partial charge in [0.05, 0.1) is 118 Å². The SMILES string of the molecule is O=C(CCOCCOCCOCCOCCOCCOCCOCCOCCOC(=O)c1ccccc1)Oc1c(F)c(F)c(F)c(F)c1F. The van der Waals surface area contributed by atoms with E-state index in [-0.39, 0.29) is 45.6 Å². The molecule has 0 saturated heterocycles. The maximum Gasteiger partial charge on any atom is 0.338 e. The maximum absolute atomic E-state index is 13.5. The molecule has 12 nitrogen and oxygen atoms in total. The summed E-state index contributed by atoms with van der Waals surface area (Å²) in [6, 6.07) is 8.73. The maximum atomic E-state index is 13.5. The Morgan fingerprint density at radius 3 is 1.14 bits per heavy atom. The van der Waals surface area contributed by atoms with E-state index in [9.17, 15) is 31.5 Å². The van der Waals surface area contributed by atoms with Crippen molar-refractivity contribution in [3.63, 3.8) is 0 Å². The van der Waals surface area contributed by atoms with Crippen molar-refractivity contribution in [2.75, 3.05) is 112 Å². The fourth-order valence-corrected chi connectivity index (χ4v) is 3.49. The second-order valence-electron chi connectivity index (χ2n) is 9.52. The van der Waals surface area contributed by atoms with Gasteiger partial charge in [0, 0.05) is 0 Å². The zero-order chi connectivity index (χ0) is 35.5. The summed E-state index contributed by atoms with van der Waals surface area (Å²) in [7, 11) is 0. The molecule has 0 aliphatic rings. The molecular formula is C32H41F5O12. The van der Waals surface area contributed by atoms with E-state index in [0.29, 0.717) is 78.2 Å². The first-order chi connectivity index (χ1) is 23.8. The van der Waals surface area contributed by atoms with Gasteiger partial charge in [0.15, 0.2) is 0 Å². The van der Waals surface area contributed by atoms with Crippen LogP contribution in [0.3, 0.4) is 0 Å². The molecule has 0 atom stereocenters. The Bertz CT molecular complexity index is 1180. The van der Waals surface area contributed by atoms with Gasteiger partial charge in [-0.15, -0.1) is 0 Å². The molecule has 2 rings (SSSR count). The van der Waals surface area contributed by atoms with Gasteiger partial charge in [0.25, 0.3) is 0 Å². The number of hydrogen-bond acceptors (Lipinski definition) is 12. The van der Waals surface area contributed by atoms with Crippen LogP contribution in [0.25, 0.3) is 0 Å². The summed E-state index contributed by atoms with van der Waals surface area (Å²) in [6.07, 6.45) is -0.491. The molecule has 0 amide bonds. The number of halogens is 5. The molecule has 276 valence electrons. The Morgan fingerprint density at radius 2 is 0.755 bits per heavy atom. The van der Waals surface area contributed by atoms with Gasteiger partial charge in [-0.3, -0.25) is 4.79 Å². The molecule has 49 heavy (non-hydrogen) atoms. The number of carbonyl (C=O) groups excluding carboxylic acids is 2. The second kappa shape index (κ2) is 26.6. The highest BCUT2D eigenvalue weighted by atomic mass is 19.2. The van der Waals surface area contributed by atoms with E-state index < -0.39 is 47.2 Å². The predicted octanol–water partition coefficient (Wildman–Crippen LogP) is 3.67. The monoisotopic (exact) mass is 712 g/mol. The van der Waals surface area contributed by atoms with E-state index in [4.69, 9.17) is 42.6 Å². The summed E-state index contributed by atoms with van der Waals surface area (Å²) in [5.41, 5.74) is 0.497. The van der Waals surface area contributed by atoms with Gasteiger partial charge in [0.1, 0.15) is 6.61 Å². The van der Waals surface area contributed by atoms with Crippen molar-refractivity contribution in [1.82, 2.24) is 0 Å². The molecule has 0 fully saturated rings. The molecular weight excluding hydrogens is 671 g/mol. The fraction of sp³-hybridized carbons (Fsp3) is 0.562. The molecule has 0 N–H and O–H groups in total. The average molecular weight is 713 g/mol. The van der Waals surface area contributed by atoms with Crippen LogP contribution in [-0.2, 0) is 47.4 Å². The molecule has 0 spiro atoms. The van der Waals surface area contributed by atoms with Gasteiger partial charge in [-0.1, -0.05) is 18.2 Å². The molecule has 0 radical (unpaired) electrons. The number of ether oxygens (including phenoxy) is 10. The molecule has 2 aromatic rings. The minimum absolute atomic E-state index is 0.0751. The highest BCUT2D eigenvalue weighted by molar-refractivity contribution is 5.89. The van der Waals surface area contributed by atoms with Crippen molar-refractivity contribution in [3.05, 3.63) is 65.0 Å². The summed E-state index contributed by atoms with van der Waals surface area (Å²) < 4.78 is 118. The first-order valence-corrected chi connectivity index (χ1v) is 15.4. The molecule has 0 aliphatic carbocycles. The minimum Gasteiger partial charge on any atom is -0.460 e. The lowest BCUT2D eigenvalue weighted by Crippen LogP contribution is -2.16. The molecule has 2 aromatic carbocycles. The van der Waals surface area contributed by atoms with Crippen molar-refractivity contribution < 1.29 is 78.9 Å². The van der Waals surface area contributed by atoms with E-state index in [1.807, 2.05) is 6.07 Å². The van der Waals surface area contributed by atoms with E-state index in [0.717, 1.165) is 0 Å². The highest BCUT2D eigenvalue weighted by Gasteiger charge is 2.28. The van der Waals surface area contributed by atoms with Crippen molar-refractivity contribution in [3.8, 4) is 5.75 Å². The predicted molar refractivity (Wildman–Crippen MR) is 160 cm³/mol. The lowest BCUT2D eigenvalue weighted by molar-refractivity contribution is -0.136. The summed E-state index contributed by atoms with van der Waals surface area (Å²) >= 11 is 0. The molecule has 0 heterocycles. The molecule has 0 saturated carbocycles. The molecule has 0 unspecified atom stereocenters.